The summed E-state index contributed by atoms with van der Waals surface area (Å²) in [5, 5.41) is 5.59. The Balaban J connectivity index is 1.74. The monoisotopic (exact) mass is 384 g/mol. The Labute approximate surface area is 166 Å². The van der Waals surface area contributed by atoms with E-state index in [0.717, 1.165) is 34.9 Å². The summed E-state index contributed by atoms with van der Waals surface area (Å²) in [4.78, 5) is 12.7. The minimum atomic E-state index is -0.572. The van der Waals surface area contributed by atoms with Crippen LogP contribution in [0.25, 0.3) is 10.9 Å². The first-order valence-corrected chi connectivity index (χ1v) is 9.99. The van der Waals surface area contributed by atoms with Gasteiger partial charge in [0.2, 0.25) is 0 Å². The van der Waals surface area contributed by atoms with Crippen LogP contribution in [0.1, 0.15) is 72.9 Å². The second-order valence-electron chi connectivity index (χ2n) is 9.92. The van der Waals surface area contributed by atoms with Crippen molar-refractivity contribution in [2.75, 3.05) is 0 Å². The van der Waals surface area contributed by atoms with Gasteiger partial charge in [-0.15, -0.1) is 0 Å². The fraction of sp³-hybridized carbons (Fsp3) is 0.619. The predicted molar refractivity (Wildman–Crippen MR) is 109 cm³/mol. The highest BCUT2D eigenvalue weighted by Crippen LogP contribution is 2.43. The molecule has 1 aromatic heterocycles. The molecule has 2 aromatic rings. The number of nitrogens with zero attached hydrogens (tertiary/aromatic N) is 2. The number of rotatable bonds is 2. The van der Waals surface area contributed by atoms with Crippen molar-refractivity contribution in [3.8, 4) is 0 Å². The lowest BCUT2D eigenvalue weighted by Gasteiger charge is -2.32. The first-order valence-electron chi connectivity index (χ1n) is 9.99. The Kier molecular flexibility index (Phi) is 4.22. The molecule has 0 unspecified atom stereocenters. The Bertz CT molecular complexity index is 922. The standard InChI is InChI=1S/C21H29BN2O4/c1-19(2,3)26-18(25)24-16-11-10-14(12-15(16)17(23-24)13-8-9-13)22-27-20(4,5)21(6,7)28-22/h10-13H,8-9H2,1-7H3. The van der Waals surface area contributed by atoms with Crippen LogP contribution in [0.15, 0.2) is 18.2 Å². The molecule has 2 aliphatic rings. The van der Waals surface area contributed by atoms with Crippen LogP contribution in [0.5, 0.6) is 0 Å². The van der Waals surface area contributed by atoms with E-state index in [1.54, 1.807) is 0 Å². The third-order valence-corrected chi connectivity index (χ3v) is 5.79. The largest absolute Gasteiger partial charge is 0.494 e. The molecule has 7 heteroatoms. The summed E-state index contributed by atoms with van der Waals surface area (Å²) in [5.74, 6) is 0.403. The summed E-state index contributed by atoms with van der Waals surface area (Å²) in [5.41, 5.74) is 1.30. The molecule has 0 spiro atoms. The van der Waals surface area contributed by atoms with Crippen LogP contribution in [0.3, 0.4) is 0 Å². The second-order valence-corrected chi connectivity index (χ2v) is 9.92. The maximum atomic E-state index is 12.7. The molecule has 0 atom stereocenters. The highest BCUT2D eigenvalue weighted by atomic mass is 16.7. The van der Waals surface area contributed by atoms with Crippen molar-refractivity contribution in [2.45, 2.75) is 84.0 Å². The van der Waals surface area contributed by atoms with E-state index >= 15 is 0 Å². The molecule has 2 fully saturated rings. The van der Waals surface area contributed by atoms with E-state index in [9.17, 15) is 4.79 Å². The Morgan fingerprint density at radius 2 is 1.79 bits per heavy atom. The lowest BCUT2D eigenvalue weighted by Crippen LogP contribution is -2.41. The van der Waals surface area contributed by atoms with E-state index in [1.165, 1.54) is 4.68 Å². The summed E-state index contributed by atoms with van der Waals surface area (Å²) in [7, 11) is -0.439. The van der Waals surface area contributed by atoms with E-state index in [2.05, 4.69) is 11.2 Å². The molecule has 2 heterocycles. The van der Waals surface area contributed by atoms with E-state index in [4.69, 9.17) is 14.0 Å². The minimum Gasteiger partial charge on any atom is -0.442 e. The van der Waals surface area contributed by atoms with Gasteiger partial charge in [0.25, 0.3) is 0 Å². The molecular weight excluding hydrogens is 355 g/mol. The quantitative estimate of drug-likeness (QED) is 0.733. The summed E-state index contributed by atoms with van der Waals surface area (Å²) in [6.07, 6.45) is 1.75. The van der Waals surface area contributed by atoms with Crippen molar-refractivity contribution < 1.29 is 18.8 Å². The summed E-state index contributed by atoms with van der Waals surface area (Å²) in [6, 6.07) is 5.92. The van der Waals surface area contributed by atoms with Crippen molar-refractivity contribution in [1.29, 1.82) is 0 Å². The van der Waals surface area contributed by atoms with E-state index in [1.807, 2.05) is 60.6 Å². The molecule has 0 N–H and O–H groups in total. The molecule has 0 bridgehead atoms. The van der Waals surface area contributed by atoms with Gasteiger partial charge in [-0.1, -0.05) is 12.1 Å². The first kappa shape index (κ1) is 19.5. The number of fused-ring (bicyclic) bond motifs is 1. The van der Waals surface area contributed by atoms with Crippen LogP contribution < -0.4 is 5.46 Å². The molecular formula is C21H29BN2O4. The van der Waals surface area contributed by atoms with Crippen molar-refractivity contribution in [3.63, 3.8) is 0 Å². The van der Waals surface area contributed by atoms with Gasteiger partial charge in [-0.05, 0) is 72.8 Å². The molecule has 1 aliphatic heterocycles. The highest BCUT2D eigenvalue weighted by Gasteiger charge is 2.51. The SMILES string of the molecule is CC(C)(C)OC(=O)n1nc(C2CC2)c2cc(B3OC(C)(C)C(C)(C)O3)ccc21. The normalized spacial score (nSPS) is 21.3. The third kappa shape index (κ3) is 3.35. The fourth-order valence-corrected chi connectivity index (χ4v) is 3.39. The van der Waals surface area contributed by atoms with E-state index < -0.39 is 30.0 Å². The van der Waals surface area contributed by atoms with Gasteiger partial charge in [-0.25, -0.2) is 4.79 Å². The Morgan fingerprint density at radius 1 is 1.18 bits per heavy atom. The van der Waals surface area contributed by atoms with Crippen LogP contribution in [0, 0.1) is 0 Å². The lowest BCUT2D eigenvalue weighted by molar-refractivity contribution is 0.00578. The van der Waals surface area contributed by atoms with Crippen molar-refractivity contribution in [3.05, 3.63) is 23.9 Å². The molecule has 1 aromatic carbocycles. The molecule has 0 radical (unpaired) electrons. The van der Waals surface area contributed by atoms with Crippen molar-refractivity contribution >= 4 is 29.6 Å². The van der Waals surface area contributed by atoms with Crippen molar-refractivity contribution in [2.24, 2.45) is 0 Å². The number of carbonyl (C=O) groups is 1. The van der Waals surface area contributed by atoms with Gasteiger partial charge in [-0.3, -0.25) is 0 Å². The van der Waals surface area contributed by atoms with Gasteiger partial charge in [0.1, 0.15) is 5.60 Å². The van der Waals surface area contributed by atoms with E-state index in [-0.39, 0.29) is 0 Å². The summed E-state index contributed by atoms with van der Waals surface area (Å²) >= 11 is 0. The smallest absolute Gasteiger partial charge is 0.442 e. The van der Waals surface area contributed by atoms with Crippen LogP contribution in [-0.4, -0.2) is 39.8 Å². The summed E-state index contributed by atoms with van der Waals surface area (Å²) in [6.45, 7) is 13.7. The maximum absolute atomic E-state index is 12.7. The first-order chi connectivity index (χ1) is 12.9. The van der Waals surface area contributed by atoms with Crippen LogP contribution in [-0.2, 0) is 14.0 Å². The zero-order valence-corrected chi connectivity index (χ0v) is 17.8. The molecule has 28 heavy (non-hydrogen) atoms. The highest BCUT2D eigenvalue weighted by molar-refractivity contribution is 6.62. The molecule has 1 aliphatic carbocycles. The molecule has 6 nitrogen and oxygen atoms in total. The zero-order chi connectivity index (χ0) is 20.5. The van der Waals surface area contributed by atoms with Gasteiger partial charge in [-0.2, -0.15) is 9.78 Å². The number of hydrogen-bond acceptors (Lipinski definition) is 5. The minimum absolute atomic E-state index is 0.396. The van der Waals surface area contributed by atoms with Crippen LogP contribution in [0.2, 0.25) is 0 Å². The topological polar surface area (TPSA) is 62.6 Å². The third-order valence-electron chi connectivity index (χ3n) is 5.79. The number of benzene rings is 1. The lowest BCUT2D eigenvalue weighted by atomic mass is 9.78. The van der Waals surface area contributed by atoms with Gasteiger partial charge in [0.15, 0.2) is 0 Å². The average Bonchev–Trinajstić information content (AvgIpc) is 3.27. The summed E-state index contributed by atoms with van der Waals surface area (Å²) < 4.78 is 19.3. The number of aromatic nitrogens is 2. The molecule has 4 rings (SSSR count). The predicted octanol–water partition coefficient (Wildman–Crippen LogP) is 4.00. The second kappa shape index (κ2) is 6.07. The van der Waals surface area contributed by atoms with Gasteiger partial charge < -0.3 is 14.0 Å². The van der Waals surface area contributed by atoms with Gasteiger partial charge in [0, 0.05) is 11.3 Å². The van der Waals surface area contributed by atoms with Gasteiger partial charge >= 0.3 is 13.2 Å². The number of carbonyl (C=O) groups excluding carboxylic acids is 1. The average molecular weight is 384 g/mol. The van der Waals surface area contributed by atoms with Crippen molar-refractivity contribution in [1.82, 2.24) is 9.78 Å². The molecule has 0 amide bonds. The molecule has 1 saturated heterocycles. The Morgan fingerprint density at radius 3 is 2.32 bits per heavy atom. The Hall–Kier alpha value is -1.86. The zero-order valence-electron chi connectivity index (χ0n) is 17.8. The fourth-order valence-electron chi connectivity index (χ4n) is 3.39. The molecule has 150 valence electrons. The van der Waals surface area contributed by atoms with Crippen LogP contribution >= 0.6 is 0 Å². The molecule has 1 saturated carbocycles. The maximum Gasteiger partial charge on any atom is 0.494 e. The van der Waals surface area contributed by atoms with E-state index in [0.29, 0.717) is 5.92 Å². The number of hydrogen-bond donors (Lipinski definition) is 0. The van der Waals surface area contributed by atoms with Crippen LogP contribution in [0.4, 0.5) is 4.79 Å². The number of ether oxygens (including phenoxy) is 1. The van der Waals surface area contributed by atoms with Gasteiger partial charge in [0.05, 0.1) is 22.4 Å².